The van der Waals surface area contributed by atoms with Crippen molar-refractivity contribution in [2.45, 2.75) is 38.6 Å². The first-order chi connectivity index (χ1) is 9.04. The van der Waals surface area contributed by atoms with E-state index in [4.69, 9.17) is 5.73 Å². The number of rotatable bonds is 3. The molecule has 104 valence electrons. The zero-order valence-electron chi connectivity index (χ0n) is 11.3. The maximum absolute atomic E-state index is 13.2. The second-order valence-electron chi connectivity index (χ2n) is 5.52. The molecule has 3 nitrogen and oxygen atoms in total. The molecule has 1 aliphatic carbocycles. The Morgan fingerprint density at radius 2 is 2.21 bits per heavy atom. The van der Waals surface area contributed by atoms with Gasteiger partial charge in [0.05, 0.1) is 0 Å². The molecule has 19 heavy (non-hydrogen) atoms. The molecule has 2 unspecified atom stereocenters. The standard InChI is InChI=1S/C15H21FN2O/c1-10-5-12(8-13(16)6-10)15(19)18-9-11-3-2-4-14(17)7-11/h5-6,8,11,14H,2-4,7,9,17H2,1H3,(H,18,19). The Hall–Kier alpha value is -1.42. The van der Waals surface area contributed by atoms with Gasteiger partial charge in [0.2, 0.25) is 0 Å². The van der Waals surface area contributed by atoms with Gasteiger partial charge in [-0.1, -0.05) is 6.42 Å². The van der Waals surface area contributed by atoms with E-state index in [9.17, 15) is 9.18 Å². The zero-order chi connectivity index (χ0) is 13.8. The number of carbonyl (C=O) groups excluding carboxylic acids is 1. The number of nitrogens with two attached hydrogens (primary N) is 1. The number of amides is 1. The zero-order valence-corrected chi connectivity index (χ0v) is 11.3. The molecule has 0 aliphatic heterocycles. The van der Waals surface area contributed by atoms with Crippen LogP contribution in [0, 0.1) is 18.7 Å². The van der Waals surface area contributed by atoms with Crippen LogP contribution in [0.3, 0.4) is 0 Å². The van der Waals surface area contributed by atoms with Crippen LogP contribution in [-0.4, -0.2) is 18.5 Å². The monoisotopic (exact) mass is 264 g/mol. The summed E-state index contributed by atoms with van der Waals surface area (Å²) in [5.74, 6) is -0.131. The summed E-state index contributed by atoms with van der Waals surface area (Å²) in [4.78, 5) is 12.0. The van der Waals surface area contributed by atoms with Crippen LogP contribution in [0.25, 0.3) is 0 Å². The quantitative estimate of drug-likeness (QED) is 0.880. The van der Waals surface area contributed by atoms with Crippen LogP contribution < -0.4 is 11.1 Å². The fourth-order valence-electron chi connectivity index (χ4n) is 2.72. The fraction of sp³-hybridized carbons (Fsp3) is 0.533. The third-order valence-corrected chi connectivity index (χ3v) is 3.68. The highest BCUT2D eigenvalue weighted by atomic mass is 19.1. The van der Waals surface area contributed by atoms with Gasteiger partial charge in [0.1, 0.15) is 5.82 Å². The minimum Gasteiger partial charge on any atom is -0.352 e. The van der Waals surface area contributed by atoms with E-state index < -0.39 is 0 Å². The number of aryl methyl sites for hydroxylation is 1. The molecule has 0 bridgehead atoms. The summed E-state index contributed by atoms with van der Waals surface area (Å²) in [5.41, 5.74) is 7.06. The second kappa shape index (κ2) is 6.15. The Morgan fingerprint density at radius 3 is 2.89 bits per heavy atom. The smallest absolute Gasteiger partial charge is 0.251 e. The number of hydrogen-bond donors (Lipinski definition) is 2. The SMILES string of the molecule is Cc1cc(F)cc(C(=O)NCC2CCCC(N)C2)c1. The highest BCUT2D eigenvalue weighted by Crippen LogP contribution is 2.22. The van der Waals surface area contributed by atoms with Crippen molar-refractivity contribution >= 4 is 5.91 Å². The van der Waals surface area contributed by atoms with Crippen molar-refractivity contribution in [3.05, 3.63) is 35.1 Å². The molecule has 0 heterocycles. The molecule has 2 atom stereocenters. The Balaban J connectivity index is 1.90. The average molecular weight is 264 g/mol. The van der Waals surface area contributed by atoms with E-state index in [0.717, 1.165) is 31.2 Å². The van der Waals surface area contributed by atoms with Crippen molar-refractivity contribution in [1.29, 1.82) is 0 Å². The molecule has 1 amide bonds. The fourth-order valence-corrected chi connectivity index (χ4v) is 2.72. The van der Waals surface area contributed by atoms with Crippen molar-refractivity contribution in [3.63, 3.8) is 0 Å². The normalized spacial score (nSPS) is 23.1. The highest BCUT2D eigenvalue weighted by molar-refractivity contribution is 5.94. The highest BCUT2D eigenvalue weighted by Gasteiger charge is 2.19. The number of hydrogen-bond acceptors (Lipinski definition) is 2. The van der Waals surface area contributed by atoms with E-state index in [2.05, 4.69) is 5.32 Å². The molecule has 0 aromatic heterocycles. The predicted molar refractivity (Wildman–Crippen MR) is 73.4 cm³/mol. The van der Waals surface area contributed by atoms with E-state index in [-0.39, 0.29) is 17.8 Å². The number of nitrogens with one attached hydrogen (secondary N) is 1. The molecule has 4 heteroatoms. The first-order valence-electron chi connectivity index (χ1n) is 6.85. The van der Waals surface area contributed by atoms with E-state index >= 15 is 0 Å². The van der Waals surface area contributed by atoms with Gasteiger partial charge in [-0.2, -0.15) is 0 Å². The molecule has 3 N–H and O–H groups in total. The second-order valence-corrected chi connectivity index (χ2v) is 5.52. The Labute approximate surface area is 113 Å². The summed E-state index contributed by atoms with van der Waals surface area (Å²) in [6.45, 7) is 2.40. The Kier molecular flexibility index (Phi) is 4.53. The third kappa shape index (κ3) is 4.03. The van der Waals surface area contributed by atoms with Gasteiger partial charge in [0.25, 0.3) is 5.91 Å². The summed E-state index contributed by atoms with van der Waals surface area (Å²) in [6, 6.07) is 4.64. The summed E-state index contributed by atoms with van der Waals surface area (Å²) in [7, 11) is 0. The first-order valence-corrected chi connectivity index (χ1v) is 6.85. The van der Waals surface area contributed by atoms with Gasteiger partial charge >= 0.3 is 0 Å². The Bertz CT molecular complexity index is 441. The summed E-state index contributed by atoms with van der Waals surface area (Å²) >= 11 is 0. The van der Waals surface area contributed by atoms with Crippen molar-refractivity contribution in [2.24, 2.45) is 11.7 Å². The molecule has 2 rings (SSSR count). The van der Waals surface area contributed by atoms with Gasteiger partial charge in [-0.25, -0.2) is 4.39 Å². The van der Waals surface area contributed by atoms with Crippen LogP contribution >= 0.6 is 0 Å². The van der Waals surface area contributed by atoms with E-state index in [1.807, 2.05) is 0 Å². The molecular weight excluding hydrogens is 243 g/mol. The average Bonchev–Trinajstić information content (AvgIpc) is 2.35. The van der Waals surface area contributed by atoms with Crippen LogP contribution in [0.5, 0.6) is 0 Å². The summed E-state index contributed by atoms with van der Waals surface area (Å²) in [5, 5.41) is 2.88. The van der Waals surface area contributed by atoms with Gasteiger partial charge in [-0.3, -0.25) is 4.79 Å². The minimum atomic E-state index is -0.371. The first kappa shape index (κ1) is 14.0. The maximum atomic E-state index is 13.2. The maximum Gasteiger partial charge on any atom is 0.251 e. The van der Waals surface area contributed by atoms with E-state index in [1.165, 1.54) is 12.1 Å². The molecule has 0 radical (unpaired) electrons. The van der Waals surface area contributed by atoms with E-state index in [0.29, 0.717) is 18.0 Å². The molecule has 0 saturated heterocycles. The van der Waals surface area contributed by atoms with Gasteiger partial charge < -0.3 is 11.1 Å². The number of halogens is 1. The van der Waals surface area contributed by atoms with Crippen molar-refractivity contribution in [1.82, 2.24) is 5.32 Å². The molecule has 1 aromatic rings. The van der Waals surface area contributed by atoms with Crippen LogP contribution in [0.4, 0.5) is 4.39 Å². The Morgan fingerprint density at radius 1 is 1.42 bits per heavy atom. The molecular formula is C15H21FN2O. The van der Waals surface area contributed by atoms with Crippen LogP contribution in [0.1, 0.15) is 41.6 Å². The lowest BCUT2D eigenvalue weighted by Gasteiger charge is -2.26. The number of benzene rings is 1. The topological polar surface area (TPSA) is 55.1 Å². The molecule has 1 saturated carbocycles. The van der Waals surface area contributed by atoms with Crippen LogP contribution in [0.2, 0.25) is 0 Å². The van der Waals surface area contributed by atoms with Crippen molar-refractivity contribution in [2.75, 3.05) is 6.54 Å². The minimum absolute atomic E-state index is 0.207. The van der Waals surface area contributed by atoms with Gasteiger partial charge in [-0.15, -0.1) is 0 Å². The largest absolute Gasteiger partial charge is 0.352 e. The summed E-state index contributed by atoms with van der Waals surface area (Å²) in [6.07, 6.45) is 4.27. The molecule has 1 aliphatic rings. The lowest BCUT2D eigenvalue weighted by atomic mass is 9.86. The lowest BCUT2D eigenvalue weighted by Crippen LogP contribution is -2.35. The van der Waals surface area contributed by atoms with Crippen molar-refractivity contribution in [3.8, 4) is 0 Å². The van der Waals surface area contributed by atoms with Crippen LogP contribution in [-0.2, 0) is 0 Å². The van der Waals surface area contributed by atoms with Gasteiger partial charge in [-0.05, 0) is 55.9 Å². The number of carbonyl (C=O) groups is 1. The molecule has 0 spiro atoms. The van der Waals surface area contributed by atoms with Gasteiger partial charge in [0.15, 0.2) is 0 Å². The van der Waals surface area contributed by atoms with Crippen LogP contribution in [0.15, 0.2) is 18.2 Å². The van der Waals surface area contributed by atoms with Crippen molar-refractivity contribution < 1.29 is 9.18 Å². The molecule has 1 aromatic carbocycles. The molecule has 1 fully saturated rings. The lowest BCUT2D eigenvalue weighted by molar-refractivity contribution is 0.0942. The van der Waals surface area contributed by atoms with E-state index in [1.54, 1.807) is 13.0 Å². The predicted octanol–water partition coefficient (Wildman–Crippen LogP) is 2.38. The van der Waals surface area contributed by atoms with Gasteiger partial charge in [0, 0.05) is 18.2 Å². The third-order valence-electron chi connectivity index (χ3n) is 3.68. The summed E-state index contributed by atoms with van der Waals surface area (Å²) < 4.78 is 13.2.